The predicted octanol–water partition coefficient (Wildman–Crippen LogP) is 1.96. The van der Waals surface area contributed by atoms with Crippen LogP contribution in [0.2, 0.25) is 0 Å². The molecular weight excluding hydrogens is 455 g/mol. The van der Waals surface area contributed by atoms with Crippen LogP contribution >= 0.6 is 0 Å². The maximum Gasteiger partial charge on any atom is 0.451 e. The molecule has 1 aliphatic heterocycles. The van der Waals surface area contributed by atoms with Gasteiger partial charge in [-0.2, -0.15) is 18.3 Å². The minimum atomic E-state index is -4.81. The number of aromatic nitrogens is 4. The van der Waals surface area contributed by atoms with Crippen molar-refractivity contribution in [3.8, 4) is 17.5 Å². The van der Waals surface area contributed by atoms with Gasteiger partial charge in [0.1, 0.15) is 0 Å². The van der Waals surface area contributed by atoms with Crippen molar-refractivity contribution in [1.82, 2.24) is 24.6 Å². The highest BCUT2D eigenvalue weighted by atomic mass is 19.4. The van der Waals surface area contributed by atoms with Gasteiger partial charge in [0, 0.05) is 31.8 Å². The molecule has 0 saturated carbocycles. The number of ether oxygens (including phenoxy) is 1. The lowest BCUT2D eigenvalue weighted by Crippen LogP contribution is -2.37. The Bertz CT molecular complexity index is 1360. The summed E-state index contributed by atoms with van der Waals surface area (Å²) in [7, 11) is 1.56. The Labute approximate surface area is 191 Å². The molecule has 0 bridgehead atoms. The number of halogens is 3. The molecule has 3 heterocycles. The first-order valence-electron chi connectivity index (χ1n) is 10.1. The van der Waals surface area contributed by atoms with Crippen molar-refractivity contribution in [2.24, 2.45) is 0 Å². The molecule has 1 fully saturated rings. The van der Waals surface area contributed by atoms with E-state index in [4.69, 9.17) is 4.74 Å². The maximum atomic E-state index is 13.2. The third kappa shape index (κ3) is 4.17. The lowest BCUT2D eigenvalue weighted by atomic mass is 10.0. The van der Waals surface area contributed by atoms with Gasteiger partial charge in [0.25, 0.3) is 5.91 Å². The number of alkyl halides is 3. The molecule has 0 spiro atoms. The third-order valence-electron chi connectivity index (χ3n) is 5.16. The van der Waals surface area contributed by atoms with Crippen molar-refractivity contribution in [2.75, 3.05) is 20.2 Å². The van der Waals surface area contributed by atoms with Gasteiger partial charge < -0.3 is 14.7 Å². The van der Waals surface area contributed by atoms with Gasteiger partial charge in [-0.1, -0.05) is 17.9 Å². The van der Waals surface area contributed by atoms with Crippen LogP contribution in [0.5, 0.6) is 0 Å². The monoisotopic (exact) mass is 473 g/mol. The number of benzene rings is 1. The molecule has 0 aliphatic carbocycles. The quantitative estimate of drug-likeness (QED) is 0.457. The number of hydrogen-bond acceptors (Lipinski definition) is 7. The normalized spacial score (nSPS) is 18.2. The minimum Gasteiger partial charge on any atom is -0.461 e. The van der Waals surface area contributed by atoms with E-state index in [0.29, 0.717) is 12.1 Å². The van der Waals surface area contributed by atoms with E-state index in [1.807, 2.05) is 0 Å². The molecule has 3 aromatic rings. The van der Waals surface area contributed by atoms with Crippen molar-refractivity contribution in [2.45, 2.75) is 25.1 Å². The van der Waals surface area contributed by atoms with E-state index >= 15 is 0 Å². The first-order valence-corrected chi connectivity index (χ1v) is 10.1. The van der Waals surface area contributed by atoms with Crippen LogP contribution in [0.4, 0.5) is 13.2 Å². The fourth-order valence-corrected chi connectivity index (χ4v) is 3.43. The van der Waals surface area contributed by atoms with Crippen LogP contribution in [0.3, 0.4) is 0 Å². The van der Waals surface area contributed by atoms with E-state index in [1.165, 1.54) is 17.0 Å². The fourth-order valence-electron chi connectivity index (χ4n) is 3.43. The lowest BCUT2D eigenvalue weighted by Gasteiger charge is -2.13. The van der Waals surface area contributed by atoms with Crippen molar-refractivity contribution in [3.05, 3.63) is 47.5 Å². The SMILES string of the molecule is CCOC(=O)c1nn(-c2cccc(C#C[C@]3(O)CCN(C)C3=O)c2)c2nc(C(F)(F)F)ncc12. The van der Waals surface area contributed by atoms with Gasteiger partial charge in [0.15, 0.2) is 11.3 Å². The molecule has 176 valence electrons. The van der Waals surface area contributed by atoms with Gasteiger partial charge in [-0.05, 0) is 25.1 Å². The van der Waals surface area contributed by atoms with E-state index in [1.54, 1.807) is 26.1 Å². The van der Waals surface area contributed by atoms with Crippen molar-refractivity contribution in [3.63, 3.8) is 0 Å². The molecule has 34 heavy (non-hydrogen) atoms. The Morgan fingerprint density at radius 2 is 2.12 bits per heavy atom. The molecule has 9 nitrogen and oxygen atoms in total. The van der Waals surface area contributed by atoms with Gasteiger partial charge in [-0.15, -0.1) is 0 Å². The fraction of sp³-hybridized carbons (Fsp3) is 0.318. The van der Waals surface area contributed by atoms with Crippen LogP contribution in [-0.4, -0.2) is 67.4 Å². The van der Waals surface area contributed by atoms with E-state index in [-0.39, 0.29) is 35.4 Å². The number of likely N-dealkylation sites (N-methyl/N-ethyl adjacent to an activating group) is 1. The molecule has 0 radical (unpaired) electrons. The Kier molecular flexibility index (Phi) is 5.74. The van der Waals surface area contributed by atoms with Crippen LogP contribution in [0.25, 0.3) is 16.7 Å². The maximum absolute atomic E-state index is 13.2. The summed E-state index contributed by atoms with van der Waals surface area (Å²) in [4.78, 5) is 32.7. The van der Waals surface area contributed by atoms with E-state index in [0.717, 1.165) is 10.9 Å². The number of rotatable bonds is 3. The Hall–Kier alpha value is -3.98. The average Bonchev–Trinajstić information content (AvgIpc) is 3.31. The van der Waals surface area contributed by atoms with Crippen molar-refractivity contribution >= 4 is 22.9 Å². The number of carbonyl (C=O) groups is 2. The molecular formula is C22H18F3N5O4. The second kappa shape index (κ2) is 8.42. The standard InChI is InChI=1S/C22H18F3N5O4/c1-3-34-18(31)16-15-12-26-19(22(23,24)25)27-17(15)30(28-16)14-6-4-5-13(11-14)7-8-21(33)9-10-29(2)20(21)32/h4-6,11-12,33H,3,9-10H2,1-2H3/t21-/m0/s1. The van der Waals surface area contributed by atoms with E-state index in [2.05, 4.69) is 26.9 Å². The highest BCUT2D eigenvalue weighted by Crippen LogP contribution is 2.29. The zero-order chi connectivity index (χ0) is 24.7. The summed E-state index contributed by atoms with van der Waals surface area (Å²) in [5, 5.41) is 14.6. The molecule has 12 heteroatoms. The van der Waals surface area contributed by atoms with Gasteiger partial charge in [-0.25, -0.2) is 19.4 Å². The minimum absolute atomic E-state index is 0.0168. The molecule has 1 aromatic carbocycles. The van der Waals surface area contributed by atoms with Crippen LogP contribution < -0.4 is 0 Å². The number of amides is 1. The summed E-state index contributed by atoms with van der Waals surface area (Å²) in [5.74, 6) is 2.57. The largest absolute Gasteiger partial charge is 0.461 e. The molecule has 4 rings (SSSR count). The number of carbonyl (C=O) groups excluding carboxylic acids is 2. The van der Waals surface area contributed by atoms with Gasteiger partial charge in [-0.3, -0.25) is 4.79 Å². The lowest BCUT2D eigenvalue weighted by molar-refractivity contribution is -0.144. The number of fused-ring (bicyclic) bond motifs is 1. The molecule has 1 N–H and O–H groups in total. The van der Waals surface area contributed by atoms with Gasteiger partial charge in [0.05, 0.1) is 17.7 Å². The van der Waals surface area contributed by atoms with Crippen LogP contribution in [0.15, 0.2) is 30.5 Å². The van der Waals surface area contributed by atoms with E-state index < -0.39 is 29.5 Å². The Morgan fingerprint density at radius 1 is 1.35 bits per heavy atom. The average molecular weight is 473 g/mol. The first-order chi connectivity index (χ1) is 16.0. The summed E-state index contributed by atoms with van der Waals surface area (Å²) in [6, 6.07) is 6.17. The Morgan fingerprint density at radius 3 is 2.76 bits per heavy atom. The number of hydrogen-bond donors (Lipinski definition) is 1. The molecule has 1 aliphatic rings. The number of nitrogens with zero attached hydrogens (tertiary/aromatic N) is 5. The number of esters is 1. The summed E-state index contributed by atoms with van der Waals surface area (Å²) < 4.78 is 45.7. The summed E-state index contributed by atoms with van der Waals surface area (Å²) in [6.45, 7) is 1.98. The molecule has 1 saturated heterocycles. The summed E-state index contributed by atoms with van der Waals surface area (Å²) in [6.07, 6.45) is -3.78. The van der Waals surface area contributed by atoms with Crippen LogP contribution in [0.1, 0.15) is 35.2 Å². The Balaban J connectivity index is 1.82. The molecule has 0 unspecified atom stereocenters. The second-order valence-corrected chi connectivity index (χ2v) is 7.55. The zero-order valence-corrected chi connectivity index (χ0v) is 18.0. The number of likely N-dealkylation sites (tertiary alicyclic amines) is 1. The topological polar surface area (TPSA) is 110 Å². The van der Waals surface area contributed by atoms with Crippen molar-refractivity contribution in [1.29, 1.82) is 0 Å². The van der Waals surface area contributed by atoms with Crippen molar-refractivity contribution < 1.29 is 32.6 Å². The van der Waals surface area contributed by atoms with Crippen LogP contribution in [0, 0.1) is 11.8 Å². The van der Waals surface area contributed by atoms with Crippen LogP contribution in [-0.2, 0) is 15.7 Å². The molecule has 2 aromatic heterocycles. The third-order valence-corrected chi connectivity index (χ3v) is 5.16. The highest BCUT2D eigenvalue weighted by Gasteiger charge is 2.42. The second-order valence-electron chi connectivity index (χ2n) is 7.55. The smallest absolute Gasteiger partial charge is 0.451 e. The molecule has 1 amide bonds. The summed E-state index contributed by atoms with van der Waals surface area (Å²) >= 11 is 0. The first kappa shape index (κ1) is 23.2. The van der Waals surface area contributed by atoms with Gasteiger partial charge >= 0.3 is 12.1 Å². The predicted molar refractivity (Wildman–Crippen MR) is 112 cm³/mol. The van der Waals surface area contributed by atoms with Gasteiger partial charge in [0.2, 0.25) is 11.4 Å². The highest BCUT2D eigenvalue weighted by molar-refractivity contribution is 6.01. The molecule has 1 atom stereocenters. The van der Waals surface area contributed by atoms with E-state index in [9.17, 15) is 27.9 Å². The summed E-state index contributed by atoms with van der Waals surface area (Å²) in [5.41, 5.74) is -1.69. The number of aliphatic hydroxyl groups is 1. The zero-order valence-electron chi connectivity index (χ0n) is 18.0.